The van der Waals surface area contributed by atoms with Gasteiger partial charge in [-0.1, -0.05) is 47.1 Å². The quantitative estimate of drug-likeness (QED) is 0.756. The Morgan fingerprint density at radius 2 is 2.16 bits per heavy atom. The number of carbonyl (C=O) groups is 1. The highest BCUT2D eigenvalue weighted by atomic mass is 79.9. The first-order chi connectivity index (χ1) is 9.27. The Kier molecular flexibility index (Phi) is 5.44. The van der Waals surface area contributed by atoms with Gasteiger partial charge < -0.3 is 4.90 Å². The average molecular weight is 324 g/mol. The summed E-state index contributed by atoms with van der Waals surface area (Å²) < 4.78 is 0. The predicted octanol–water partition coefficient (Wildman–Crippen LogP) is 3.74. The lowest BCUT2D eigenvalue weighted by atomic mass is 9.82. The molecule has 0 spiro atoms. The van der Waals surface area contributed by atoms with E-state index in [4.69, 9.17) is 0 Å². The number of fused-ring (bicyclic) bond motifs is 1. The molecule has 19 heavy (non-hydrogen) atoms. The Morgan fingerprint density at radius 3 is 2.89 bits per heavy atom. The molecule has 0 radical (unpaired) electrons. The molecule has 0 bridgehead atoms. The van der Waals surface area contributed by atoms with Crippen LogP contribution in [-0.2, 0) is 11.2 Å². The molecule has 0 N–H and O–H groups in total. The van der Waals surface area contributed by atoms with E-state index >= 15 is 0 Å². The van der Waals surface area contributed by atoms with E-state index < -0.39 is 0 Å². The smallest absolute Gasteiger partial charge is 0.230 e. The van der Waals surface area contributed by atoms with Gasteiger partial charge in [0.2, 0.25) is 5.91 Å². The predicted molar refractivity (Wildman–Crippen MR) is 82.8 cm³/mol. The Bertz CT molecular complexity index is 427. The lowest BCUT2D eigenvalue weighted by Crippen LogP contribution is -2.38. The van der Waals surface area contributed by atoms with E-state index in [1.807, 2.05) is 4.90 Å². The van der Waals surface area contributed by atoms with Crippen molar-refractivity contribution in [2.75, 3.05) is 18.4 Å². The fourth-order valence-electron chi connectivity index (χ4n) is 2.93. The van der Waals surface area contributed by atoms with Gasteiger partial charge in [-0.05, 0) is 36.8 Å². The summed E-state index contributed by atoms with van der Waals surface area (Å²) in [6.45, 7) is 3.80. The standard InChI is InChI=1S/C16H22BrNO/c1-2-11-18(12-10-17)16(19)15-9-5-7-13-6-3-4-8-14(13)15/h3-4,6,8,15H,2,5,7,9-12H2,1H3. The van der Waals surface area contributed by atoms with Crippen LogP contribution in [0.25, 0.3) is 0 Å². The summed E-state index contributed by atoms with van der Waals surface area (Å²) >= 11 is 3.45. The fraction of sp³-hybridized carbons (Fsp3) is 0.562. The van der Waals surface area contributed by atoms with Crippen LogP contribution in [0.4, 0.5) is 0 Å². The minimum Gasteiger partial charge on any atom is -0.341 e. The number of hydrogen-bond donors (Lipinski definition) is 0. The van der Waals surface area contributed by atoms with Crippen molar-refractivity contribution >= 4 is 21.8 Å². The molecule has 2 nitrogen and oxygen atoms in total. The van der Waals surface area contributed by atoms with Crippen molar-refractivity contribution in [3.05, 3.63) is 35.4 Å². The Balaban J connectivity index is 2.19. The highest BCUT2D eigenvalue weighted by Gasteiger charge is 2.29. The summed E-state index contributed by atoms with van der Waals surface area (Å²) in [5, 5.41) is 0.854. The van der Waals surface area contributed by atoms with Crippen LogP contribution in [0.2, 0.25) is 0 Å². The van der Waals surface area contributed by atoms with E-state index in [-0.39, 0.29) is 5.92 Å². The number of aryl methyl sites for hydroxylation is 1. The molecule has 1 amide bonds. The molecule has 1 atom stereocenters. The van der Waals surface area contributed by atoms with Crippen molar-refractivity contribution in [2.45, 2.75) is 38.5 Å². The maximum Gasteiger partial charge on any atom is 0.230 e. The van der Waals surface area contributed by atoms with E-state index in [0.29, 0.717) is 5.91 Å². The summed E-state index contributed by atoms with van der Waals surface area (Å²) in [7, 11) is 0. The molecular weight excluding hydrogens is 302 g/mol. The molecule has 0 fully saturated rings. The van der Waals surface area contributed by atoms with E-state index in [0.717, 1.165) is 44.1 Å². The van der Waals surface area contributed by atoms with Crippen LogP contribution in [0.3, 0.4) is 0 Å². The third-order valence-corrected chi connectivity index (χ3v) is 4.18. The van der Waals surface area contributed by atoms with E-state index in [9.17, 15) is 4.79 Å². The van der Waals surface area contributed by atoms with Crippen LogP contribution in [0.15, 0.2) is 24.3 Å². The zero-order valence-electron chi connectivity index (χ0n) is 11.6. The van der Waals surface area contributed by atoms with Gasteiger partial charge in [0.25, 0.3) is 0 Å². The van der Waals surface area contributed by atoms with Gasteiger partial charge in [-0.25, -0.2) is 0 Å². The molecule has 1 aliphatic carbocycles. The van der Waals surface area contributed by atoms with Gasteiger partial charge in [0.1, 0.15) is 0 Å². The topological polar surface area (TPSA) is 20.3 Å². The van der Waals surface area contributed by atoms with Crippen molar-refractivity contribution < 1.29 is 4.79 Å². The number of nitrogens with zero attached hydrogens (tertiary/aromatic N) is 1. The highest BCUT2D eigenvalue weighted by Crippen LogP contribution is 2.32. The third kappa shape index (κ3) is 3.38. The maximum atomic E-state index is 12.7. The lowest BCUT2D eigenvalue weighted by Gasteiger charge is -2.30. The molecule has 0 saturated heterocycles. The van der Waals surface area contributed by atoms with Crippen LogP contribution >= 0.6 is 15.9 Å². The van der Waals surface area contributed by atoms with Gasteiger partial charge in [-0.2, -0.15) is 0 Å². The van der Waals surface area contributed by atoms with Crippen LogP contribution in [0.5, 0.6) is 0 Å². The van der Waals surface area contributed by atoms with Crippen molar-refractivity contribution in [1.29, 1.82) is 0 Å². The van der Waals surface area contributed by atoms with Gasteiger partial charge in [0.15, 0.2) is 0 Å². The van der Waals surface area contributed by atoms with E-state index in [2.05, 4.69) is 47.1 Å². The second-order valence-corrected chi connectivity index (χ2v) is 5.95. The van der Waals surface area contributed by atoms with Gasteiger partial charge in [-0.15, -0.1) is 0 Å². The minimum atomic E-state index is 0.0792. The summed E-state index contributed by atoms with van der Waals surface area (Å²) in [6.07, 6.45) is 4.26. The molecule has 0 saturated carbocycles. The summed E-state index contributed by atoms with van der Waals surface area (Å²) in [5.41, 5.74) is 2.62. The van der Waals surface area contributed by atoms with E-state index in [1.165, 1.54) is 11.1 Å². The highest BCUT2D eigenvalue weighted by molar-refractivity contribution is 9.09. The Morgan fingerprint density at radius 1 is 1.37 bits per heavy atom. The van der Waals surface area contributed by atoms with Crippen molar-refractivity contribution in [3.63, 3.8) is 0 Å². The van der Waals surface area contributed by atoms with Crippen molar-refractivity contribution in [1.82, 2.24) is 4.90 Å². The normalized spacial score (nSPS) is 17.9. The molecule has 0 heterocycles. The van der Waals surface area contributed by atoms with Gasteiger partial charge in [0.05, 0.1) is 5.92 Å². The second kappa shape index (κ2) is 7.09. The van der Waals surface area contributed by atoms with E-state index in [1.54, 1.807) is 0 Å². The molecule has 1 aliphatic rings. The first-order valence-corrected chi connectivity index (χ1v) is 8.32. The zero-order valence-corrected chi connectivity index (χ0v) is 13.2. The third-order valence-electron chi connectivity index (χ3n) is 3.83. The molecule has 0 aliphatic heterocycles. The number of halogens is 1. The number of alkyl halides is 1. The molecule has 0 aromatic heterocycles. The van der Waals surface area contributed by atoms with Crippen molar-refractivity contribution in [2.24, 2.45) is 0 Å². The number of carbonyl (C=O) groups excluding carboxylic acids is 1. The van der Waals surface area contributed by atoms with Gasteiger partial charge in [0, 0.05) is 18.4 Å². The van der Waals surface area contributed by atoms with Crippen LogP contribution in [0, 0.1) is 0 Å². The molecule has 1 aromatic rings. The zero-order chi connectivity index (χ0) is 13.7. The largest absolute Gasteiger partial charge is 0.341 e. The second-order valence-electron chi connectivity index (χ2n) is 5.16. The molecule has 2 rings (SSSR count). The number of benzene rings is 1. The fourth-order valence-corrected chi connectivity index (χ4v) is 3.36. The SMILES string of the molecule is CCCN(CCBr)C(=O)C1CCCc2ccccc21. The lowest BCUT2D eigenvalue weighted by molar-refractivity contribution is -0.133. The number of amides is 1. The van der Waals surface area contributed by atoms with Crippen molar-refractivity contribution in [3.8, 4) is 0 Å². The first kappa shape index (κ1) is 14.6. The minimum absolute atomic E-state index is 0.0792. The van der Waals surface area contributed by atoms with Gasteiger partial charge >= 0.3 is 0 Å². The van der Waals surface area contributed by atoms with Crippen LogP contribution in [-0.4, -0.2) is 29.2 Å². The Labute approximate surface area is 124 Å². The number of rotatable bonds is 5. The maximum absolute atomic E-state index is 12.7. The first-order valence-electron chi connectivity index (χ1n) is 7.20. The van der Waals surface area contributed by atoms with Gasteiger partial charge in [-0.3, -0.25) is 4.79 Å². The average Bonchev–Trinajstić information content (AvgIpc) is 2.46. The molecule has 3 heteroatoms. The summed E-state index contributed by atoms with van der Waals surface area (Å²) in [6, 6.07) is 8.44. The molecule has 1 aromatic carbocycles. The molecular formula is C16H22BrNO. The Hall–Kier alpha value is -0.830. The van der Waals surface area contributed by atoms with Crippen LogP contribution < -0.4 is 0 Å². The monoisotopic (exact) mass is 323 g/mol. The van der Waals surface area contributed by atoms with Crippen LogP contribution in [0.1, 0.15) is 43.2 Å². The molecule has 1 unspecified atom stereocenters. The number of hydrogen-bond acceptors (Lipinski definition) is 1. The molecule has 104 valence electrons. The summed E-state index contributed by atoms with van der Waals surface area (Å²) in [4.78, 5) is 14.8. The summed E-state index contributed by atoms with van der Waals surface area (Å²) in [5.74, 6) is 0.393.